The SMILES string of the molecule is Cn1cc(C2NNC3CCC(Oc4ccc(NC(=O)CN)cc4)CC32)cn1. The third kappa shape index (κ3) is 3.97. The zero-order valence-corrected chi connectivity index (χ0v) is 15.4. The van der Waals surface area contributed by atoms with Crippen LogP contribution in [0.3, 0.4) is 0 Å². The average Bonchev–Trinajstić information content (AvgIpc) is 3.28. The molecule has 144 valence electrons. The lowest BCUT2D eigenvalue weighted by molar-refractivity contribution is -0.114. The van der Waals surface area contributed by atoms with Gasteiger partial charge in [0.1, 0.15) is 5.75 Å². The van der Waals surface area contributed by atoms with Crippen molar-refractivity contribution in [1.82, 2.24) is 20.6 Å². The minimum absolute atomic E-state index is 0.0247. The van der Waals surface area contributed by atoms with Gasteiger partial charge >= 0.3 is 0 Å². The summed E-state index contributed by atoms with van der Waals surface area (Å²) in [6.07, 6.45) is 7.25. The summed E-state index contributed by atoms with van der Waals surface area (Å²) in [5.41, 5.74) is 14.1. The van der Waals surface area contributed by atoms with E-state index in [1.165, 1.54) is 5.56 Å². The monoisotopic (exact) mass is 370 g/mol. The number of ether oxygens (including phenoxy) is 1. The van der Waals surface area contributed by atoms with Crippen molar-refractivity contribution in [2.24, 2.45) is 18.7 Å². The van der Waals surface area contributed by atoms with Crippen LogP contribution >= 0.6 is 0 Å². The first-order valence-electron chi connectivity index (χ1n) is 9.38. The molecular weight excluding hydrogens is 344 g/mol. The normalized spacial score (nSPS) is 27.2. The minimum Gasteiger partial charge on any atom is -0.490 e. The molecule has 1 aromatic carbocycles. The molecule has 0 spiro atoms. The van der Waals surface area contributed by atoms with Crippen molar-refractivity contribution in [2.45, 2.75) is 37.5 Å². The van der Waals surface area contributed by atoms with E-state index in [0.29, 0.717) is 12.0 Å². The molecule has 2 aliphatic rings. The van der Waals surface area contributed by atoms with E-state index in [-0.39, 0.29) is 24.6 Å². The molecule has 8 nitrogen and oxygen atoms in total. The van der Waals surface area contributed by atoms with E-state index < -0.39 is 0 Å². The van der Waals surface area contributed by atoms with Gasteiger partial charge in [-0.3, -0.25) is 14.9 Å². The Hall–Kier alpha value is -2.42. The van der Waals surface area contributed by atoms with Gasteiger partial charge in [0.05, 0.1) is 24.9 Å². The Morgan fingerprint density at radius 1 is 1.33 bits per heavy atom. The van der Waals surface area contributed by atoms with E-state index in [9.17, 15) is 4.79 Å². The van der Waals surface area contributed by atoms with Gasteiger partial charge in [0, 0.05) is 30.5 Å². The van der Waals surface area contributed by atoms with Gasteiger partial charge < -0.3 is 15.8 Å². The number of amides is 1. The Morgan fingerprint density at radius 2 is 2.15 bits per heavy atom. The molecule has 1 saturated heterocycles. The zero-order chi connectivity index (χ0) is 18.8. The van der Waals surface area contributed by atoms with Crippen LogP contribution in [0.15, 0.2) is 36.7 Å². The van der Waals surface area contributed by atoms with Crippen LogP contribution in [0.5, 0.6) is 5.75 Å². The molecule has 0 radical (unpaired) electrons. The van der Waals surface area contributed by atoms with Crippen LogP contribution in [0.25, 0.3) is 0 Å². The first-order valence-corrected chi connectivity index (χ1v) is 9.38. The van der Waals surface area contributed by atoms with E-state index in [0.717, 1.165) is 30.7 Å². The number of nitrogens with two attached hydrogens (primary N) is 1. The molecule has 2 aromatic rings. The number of anilines is 1. The Bertz CT molecular complexity index is 790. The average molecular weight is 370 g/mol. The number of hydrazine groups is 1. The van der Waals surface area contributed by atoms with E-state index >= 15 is 0 Å². The van der Waals surface area contributed by atoms with Gasteiger partial charge in [-0.15, -0.1) is 0 Å². The topological polar surface area (TPSA) is 106 Å². The predicted octanol–water partition coefficient (Wildman–Crippen LogP) is 1.08. The number of hydrogen-bond donors (Lipinski definition) is 4. The number of carbonyl (C=O) groups excluding carboxylic acids is 1. The molecule has 1 saturated carbocycles. The summed E-state index contributed by atoms with van der Waals surface area (Å²) in [6.45, 7) is -0.0247. The lowest BCUT2D eigenvalue weighted by atomic mass is 9.79. The van der Waals surface area contributed by atoms with E-state index in [1.54, 1.807) is 0 Å². The highest BCUT2D eigenvalue weighted by atomic mass is 16.5. The summed E-state index contributed by atoms with van der Waals surface area (Å²) in [5.74, 6) is 1.08. The fraction of sp³-hybridized carbons (Fsp3) is 0.474. The van der Waals surface area contributed by atoms with Gasteiger partial charge in [-0.1, -0.05) is 0 Å². The van der Waals surface area contributed by atoms with Crippen LogP contribution in [0.2, 0.25) is 0 Å². The van der Waals surface area contributed by atoms with Crippen molar-refractivity contribution in [2.75, 3.05) is 11.9 Å². The molecule has 8 heteroatoms. The molecule has 2 fully saturated rings. The molecule has 4 unspecified atom stereocenters. The van der Waals surface area contributed by atoms with Gasteiger partial charge in [-0.25, -0.2) is 5.43 Å². The summed E-state index contributed by atoms with van der Waals surface area (Å²) in [5, 5.41) is 7.04. The summed E-state index contributed by atoms with van der Waals surface area (Å²) in [6, 6.07) is 8.18. The first kappa shape index (κ1) is 18.0. The Morgan fingerprint density at radius 3 is 2.85 bits per heavy atom. The molecule has 2 heterocycles. The molecular formula is C19H26N6O2. The molecule has 1 aliphatic carbocycles. The van der Waals surface area contributed by atoms with Gasteiger partial charge in [0.15, 0.2) is 0 Å². The molecule has 4 rings (SSSR count). The van der Waals surface area contributed by atoms with Crippen molar-refractivity contribution in [3.8, 4) is 5.75 Å². The molecule has 27 heavy (non-hydrogen) atoms. The highest BCUT2D eigenvalue weighted by Crippen LogP contribution is 2.39. The number of hydrogen-bond acceptors (Lipinski definition) is 6. The molecule has 1 aliphatic heterocycles. The number of nitrogens with one attached hydrogen (secondary N) is 3. The summed E-state index contributed by atoms with van der Waals surface area (Å²) in [7, 11) is 1.94. The molecule has 0 bridgehead atoms. The fourth-order valence-electron chi connectivity index (χ4n) is 4.08. The third-order valence-corrected chi connectivity index (χ3v) is 5.41. The highest BCUT2D eigenvalue weighted by Gasteiger charge is 2.42. The van der Waals surface area contributed by atoms with Gasteiger partial charge in [-0.05, 0) is 49.4 Å². The van der Waals surface area contributed by atoms with Crippen molar-refractivity contribution >= 4 is 11.6 Å². The lowest BCUT2D eigenvalue weighted by Crippen LogP contribution is -2.38. The maximum Gasteiger partial charge on any atom is 0.238 e. The van der Waals surface area contributed by atoms with Gasteiger partial charge in [0.25, 0.3) is 0 Å². The summed E-state index contributed by atoms with van der Waals surface area (Å²) < 4.78 is 8.06. The number of aryl methyl sites for hydroxylation is 1. The van der Waals surface area contributed by atoms with Crippen molar-refractivity contribution in [3.05, 3.63) is 42.2 Å². The lowest BCUT2D eigenvalue weighted by Gasteiger charge is -2.33. The third-order valence-electron chi connectivity index (χ3n) is 5.41. The van der Waals surface area contributed by atoms with Crippen LogP contribution < -0.4 is 26.6 Å². The maximum atomic E-state index is 11.4. The number of benzene rings is 1. The van der Waals surface area contributed by atoms with Crippen LogP contribution in [0.4, 0.5) is 5.69 Å². The number of nitrogens with zero attached hydrogens (tertiary/aromatic N) is 2. The molecule has 1 aromatic heterocycles. The van der Waals surface area contributed by atoms with E-state index in [2.05, 4.69) is 27.5 Å². The zero-order valence-electron chi connectivity index (χ0n) is 15.4. The largest absolute Gasteiger partial charge is 0.490 e. The van der Waals surface area contributed by atoms with Gasteiger partial charge in [-0.2, -0.15) is 5.10 Å². The Balaban J connectivity index is 1.38. The van der Waals surface area contributed by atoms with Crippen LogP contribution in [-0.2, 0) is 11.8 Å². The second kappa shape index (κ2) is 7.67. The Kier molecular flexibility index (Phi) is 5.11. The number of rotatable bonds is 5. The quantitative estimate of drug-likeness (QED) is 0.628. The molecule has 4 atom stereocenters. The van der Waals surface area contributed by atoms with Crippen molar-refractivity contribution in [3.63, 3.8) is 0 Å². The van der Waals surface area contributed by atoms with E-state index in [4.69, 9.17) is 10.5 Å². The number of aromatic nitrogens is 2. The van der Waals surface area contributed by atoms with Crippen molar-refractivity contribution < 1.29 is 9.53 Å². The summed E-state index contributed by atoms with van der Waals surface area (Å²) >= 11 is 0. The van der Waals surface area contributed by atoms with Crippen LogP contribution in [0, 0.1) is 5.92 Å². The fourth-order valence-corrected chi connectivity index (χ4v) is 4.08. The van der Waals surface area contributed by atoms with Crippen molar-refractivity contribution in [1.29, 1.82) is 0 Å². The van der Waals surface area contributed by atoms with Crippen LogP contribution in [-0.4, -0.2) is 34.4 Å². The first-order chi connectivity index (χ1) is 13.1. The maximum absolute atomic E-state index is 11.4. The highest BCUT2D eigenvalue weighted by molar-refractivity contribution is 5.92. The molecule has 5 N–H and O–H groups in total. The van der Waals surface area contributed by atoms with E-state index in [1.807, 2.05) is 42.2 Å². The summed E-state index contributed by atoms with van der Waals surface area (Å²) in [4.78, 5) is 11.4. The number of carbonyl (C=O) groups is 1. The Labute approximate surface area is 158 Å². The molecule has 1 amide bonds. The second-order valence-corrected chi connectivity index (χ2v) is 7.31. The van der Waals surface area contributed by atoms with Gasteiger partial charge in [0.2, 0.25) is 5.91 Å². The minimum atomic E-state index is -0.204. The predicted molar refractivity (Wildman–Crippen MR) is 102 cm³/mol. The second-order valence-electron chi connectivity index (χ2n) is 7.31. The number of fused-ring (bicyclic) bond motifs is 1. The standard InChI is InChI=1S/C19H26N6O2/c1-25-11-12(10-21-25)19-16-8-15(6-7-17(16)23-24-19)27-14-4-2-13(3-5-14)22-18(26)9-20/h2-5,10-11,15-17,19,23-24H,6-9,20H2,1H3,(H,22,26). The van der Waals surface area contributed by atoms with Crippen LogP contribution in [0.1, 0.15) is 30.9 Å². The smallest absolute Gasteiger partial charge is 0.238 e.